The van der Waals surface area contributed by atoms with E-state index in [-0.39, 0.29) is 5.25 Å². The van der Waals surface area contributed by atoms with E-state index in [1.54, 1.807) is 26.2 Å². The minimum Gasteiger partial charge on any atom is -0.297 e. The lowest BCUT2D eigenvalue weighted by molar-refractivity contribution is 0.671. The number of nitrogens with zero attached hydrogens (tertiary/aromatic N) is 1. The van der Waals surface area contributed by atoms with E-state index in [0.717, 1.165) is 5.56 Å². The first kappa shape index (κ1) is 11.0. The molecule has 1 aromatic heterocycles. The molecule has 0 bridgehead atoms. The quantitative estimate of drug-likeness (QED) is 0.808. The zero-order valence-corrected chi connectivity index (χ0v) is 9.39. The standard InChI is InChI=1S/C9H15N3OS/c1-7(2)14(10,13)12-9-4-8(3)5-11-6-9/h4-7H,1-3H3,(H2,10,12,13). The van der Waals surface area contributed by atoms with Crippen LogP contribution in [0.3, 0.4) is 0 Å². The third-order valence-corrected chi connectivity index (χ3v) is 3.67. The van der Waals surface area contributed by atoms with Gasteiger partial charge in [-0.1, -0.05) is 0 Å². The summed E-state index contributed by atoms with van der Waals surface area (Å²) in [4.78, 5) is 3.96. The zero-order valence-electron chi connectivity index (χ0n) is 8.57. The molecule has 0 radical (unpaired) electrons. The molecule has 0 aliphatic rings. The lowest BCUT2D eigenvalue weighted by Crippen LogP contribution is -2.21. The third kappa shape index (κ3) is 2.70. The van der Waals surface area contributed by atoms with Crippen LogP contribution < -0.4 is 4.72 Å². The van der Waals surface area contributed by atoms with Crippen molar-refractivity contribution in [2.24, 2.45) is 0 Å². The second-order valence-corrected chi connectivity index (χ2v) is 5.85. The Balaban J connectivity index is 2.90. The molecular formula is C9H15N3OS. The lowest BCUT2D eigenvalue weighted by atomic mass is 10.3. The Morgan fingerprint density at radius 2 is 2.14 bits per heavy atom. The number of aromatic nitrogens is 1. The Morgan fingerprint density at radius 1 is 1.50 bits per heavy atom. The van der Waals surface area contributed by atoms with E-state index in [1.165, 1.54) is 0 Å². The summed E-state index contributed by atoms with van der Waals surface area (Å²) in [5.74, 6) is 0. The van der Waals surface area contributed by atoms with Gasteiger partial charge in [0.05, 0.1) is 17.1 Å². The molecule has 0 amide bonds. The van der Waals surface area contributed by atoms with Crippen molar-refractivity contribution in [1.82, 2.24) is 4.98 Å². The zero-order chi connectivity index (χ0) is 10.8. The van der Waals surface area contributed by atoms with Crippen LogP contribution in [0.2, 0.25) is 0 Å². The van der Waals surface area contributed by atoms with Crippen molar-refractivity contribution < 1.29 is 4.21 Å². The van der Waals surface area contributed by atoms with Gasteiger partial charge in [0, 0.05) is 6.20 Å². The fourth-order valence-corrected chi connectivity index (χ4v) is 1.60. The normalized spacial score (nSPS) is 15.1. The maximum Gasteiger partial charge on any atom is 0.129 e. The molecule has 0 aliphatic heterocycles. The molecule has 1 heterocycles. The predicted molar refractivity (Wildman–Crippen MR) is 58.6 cm³/mol. The number of anilines is 1. The van der Waals surface area contributed by atoms with Crippen LogP contribution in [-0.2, 0) is 9.92 Å². The highest BCUT2D eigenvalue weighted by molar-refractivity contribution is 7.94. The van der Waals surface area contributed by atoms with Crippen molar-refractivity contribution in [3.8, 4) is 0 Å². The third-order valence-electron chi connectivity index (χ3n) is 1.81. The lowest BCUT2D eigenvalue weighted by Gasteiger charge is -2.13. The van der Waals surface area contributed by atoms with Crippen LogP contribution in [0.15, 0.2) is 18.5 Å². The summed E-state index contributed by atoms with van der Waals surface area (Å²) in [6.07, 6.45) is 3.29. The number of hydrogen-bond acceptors (Lipinski definition) is 3. The van der Waals surface area contributed by atoms with Gasteiger partial charge in [-0.2, -0.15) is 0 Å². The van der Waals surface area contributed by atoms with E-state index < -0.39 is 9.92 Å². The van der Waals surface area contributed by atoms with Crippen LogP contribution in [0, 0.1) is 11.7 Å². The highest BCUT2D eigenvalue weighted by Gasteiger charge is 2.11. The van der Waals surface area contributed by atoms with Crippen LogP contribution >= 0.6 is 0 Å². The predicted octanol–water partition coefficient (Wildman–Crippen LogP) is 2.17. The largest absolute Gasteiger partial charge is 0.297 e. The van der Waals surface area contributed by atoms with Gasteiger partial charge in [-0.25, -0.2) is 8.99 Å². The van der Waals surface area contributed by atoms with Gasteiger partial charge in [-0.05, 0) is 32.4 Å². The Bertz CT molecular complexity index is 412. The van der Waals surface area contributed by atoms with Crippen LogP contribution in [0.4, 0.5) is 5.69 Å². The van der Waals surface area contributed by atoms with Gasteiger partial charge in [0.2, 0.25) is 0 Å². The Hall–Kier alpha value is -1.10. The van der Waals surface area contributed by atoms with Crippen molar-refractivity contribution in [3.05, 3.63) is 24.0 Å². The van der Waals surface area contributed by atoms with E-state index >= 15 is 0 Å². The monoisotopic (exact) mass is 213 g/mol. The average molecular weight is 213 g/mol. The van der Waals surface area contributed by atoms with Gasteiger partial charge >= 0.3 is 0 Å². The number of rotatable bonds is 3. The number of pyridine rings is 1. The Kier molecular flexibility index (Phi) is 3.10. The minimum absolute atomic E-state index is 0.219. The maximum atomic E-state index is 11.7. The van der Waals surface area contributed by atoms with Crippen molar-refractivity contribution >= 4 is 15.6 Å². The second-order valence-electron chi connectivity index (χ2n) is 3.50. The summed E-state index contributed by atoms with van der Waals surface area (Å²) in [7, 11) is -2.76. The first-order valence-corrected chi connectivity index (χ1v) is 6.01. The molecule has 4 nitrogen and oxygen atoms in total. The van der Waals surface area contributed by atoms with Crippen molar-refractivity contribution in [2.75, 3.05) is 4.72 Å². The summed E-state index contributed by atoms with van der Waals surface area (Å²) in [6, 6.07) is 1.82. The fraction of sp³-hybridized carbons (Fsp3) is 0.444. The van der Waals surface area contributed by atoms with Gasteiger partial charge in [0.25, 0.3) is 0 Å². The van der Waals surface area contributed by atoms with E-state index in [0.29, 0.717) is 5.69 Å². The minimum atomic E-state index is -2.76. The van der Waals surface area contributed by atoms with Crippen LogP contribution in [-0.4, -0.2) is 14.4 Å². The van der Waals surface area contributed by atoms with Crippen LogP contribution in [0.25, 0.3) is 0 Å². The number of hydrogen-bond donors (Lipinski definition) is 2. The molecule has 0 saturated heterocycles. The molecular weight excluding hydrogens is 198 g/mol. The van der Waals surface area contributed by atoms with Crippen molar-refractivity contribution in [2.45, 2.75) is 26.0 Å². The SMILES string of the molecule is Cc1cncc(NS(=N)(=O)C(C)C)c1. The van der Waals surface area contributed by atoms with Crippen molar-refractivity contribution in [1.29, 1.82) is 4.78 Å². The molecule has 0 aromatic carbocycles. The van der Waals surface area contributed by atoms with E-state index in [2.05, 4.69) is 9.71 Å². The Morgan fingerprint density at radius 3 is 2.64 bits per heavy atom. The van der Waals surface area contributed by atoms with E-state index in [1.807, 2.05) is 13.0 Å². The van der Waals surface area contributed by atoms with Crippen LogP contribution in [0.1, 0.15) is 19.4 Å². The summed E-state index contributed by atoms with van der Waals surface area (Å²) in [5, 5.41) is -0.219. The maximum absolute atomic E-state index is 11.7. The molecule has 0 aliphatic carbocycles. The van der Waals surface area contributed by atoms with Gasteiger partial charge in [-0.15, -0.1) is 0 Å². The summed E-state index contributed by atoms with van der Waals surface area (Å²) >= 11 is 0. The molecule has 1 unspecified atom stereocenters. The summed E-state index contributed by atoms with van der Waals surface area (Å²) < 4.78 is 22.0. The van der Waals surface area contributed by atoms with E-state index in [9.17, 15) is 4.21 Å². The van der Waals surface area contributed by atoms with Gasteiger partial charge in [0.1, 0.15) is 9.92 Å². The second kappa shape index (κ2) is 3.96. The molecule has 1 atom stereocenters. The molecule has 0 fully saturated rings. The molecule has 1 rings (SSSR count). The average Bonchev–Trinajstić information content (AvgIpc) is 2.02. The molecule has 0 spiro atoms. The smallest absolute Gasteiger partial charge is 0.129 e. The van der Waals surface area contributed by atoms with Crippen LogP contribution in [0.5, 0.6) is 0 Å². The first-order chi connectivity index (χ1) is 6.42. The summed E-state index contributed by atoms with van der Waals surface area (Å²) in [5.41, 5.74) is 1.62. The molecule has 2 N–H and O–H groups in total. The highest BCUT2D eigenvalue weighted by atomic mass is 32.2. The molecule has 78 valence electrons. The molecule has 1 aromatic rings. The van der Waals surface area contributed by atoms with E-state index in [4.69, 9.17) is 4.78 Å². The number of aryl methyl sites for hydroxylation is 1. The summed E-state index contributed by atoms with van der Waals surface area (Å²) in [6.45, 7) is 5.41. The molecule has 14 heavy (non-hydrogen) atoms. The van der Waals surface area contributed by atoms with Gasteiger partial charge < -0.3 is 0 Å². The Labute approximate surface area is 84.9 Å². The van der Waals surface area contributed by atoms with Crippen molar-refractivity contribution in [3.63, 3.8) is 0 Å². The van der Waals surface area contributed by atoms with Gasteiger partial charge in [0.15, 0.2) is 0 Å². The fourth-order valence-electron chi connectivity index (χ4n) is 0.904. The number of nitrogens with one attached hydrogen (secondary N) is 2. The van der Waals surface area contributed by atoms with Gasteiger partial charge in [-0.3, -0.25) is 9.71 Å². The first-order valence-electron chi connectivity index (χ1n) is 4.39. The highest BCUT2D eigenvalue weighted by Crippen LogP contribution is 2.12. The molecule has 5 heteroatoms. The molecule has 0 saturated carbocycles. The topological polar surface area (TPSA) is 65.8 Å².